The van der Waals surface area contributed by atoms with Crippen LogP contribution in [0.1, 0.15) is 5.56 Å². The van der Waals surface area contributed by atoms with Gasteiger partial charge in [0.15, 0.2) is 0 Å². The first-order valence-electron chi connectivity index (χ1n) is 9.31. The Morgan fingerprint density at radius 3 is 0.778 bits per heavy atom. The third kappa shape index (κ3) is 40.2. The molecule has 0 aliphatic rings. The molecule has 1 aromatic carbocycles. The maximum Gasteiger partial charge on any atom is 1.00 e. The second-order valence-corrected chi connectivity index (χ2v) is 29.7. The summed E-state index contributed by atoms with van der Waals surface area (Å²) in [6.45, 7) is 29.6. The summed E-state index contributed by atoms with van der Waals surface area (Å²) in [7, 11) is -4.42. The average Bonchev–Trinajstić information content (AvgIpc) is 2.20. The van der Waals surface area contributed by atoms with Gasteiger partial charge in [0.25, 0.3) is 0 Å². The molecule has 1 aromatic rings. The molecule has 0 saturated carbocycles. The molecule has 0 aliphatic carbocycles. The summed E-state index contributed by atoms with van der Waals surface area (Å²) in [6.07, 6.45) is 0. The summed E-state index contributed by atoms with van der Waals surface area (Å²) in [5.74, 6) is 0. The van der Waals surface area contributed by atoms with E-state index in [1.54, 1.807) is 0 Å². The molecule has 148 valence electrons. The van der Waals surface area contributed by atoms with Gasteiger partial charge in [-0.15, -0.1) is 0 Å². The fraction of sp³-hybridized carbons (Fsp3) is 0.684. The normalized spacial score (nSPS) is 11.6. The van der Waals surface area contributed by atoms with Crippen molar-refractivity contribution >= 4 is 32.9 Å². The molecular formula is C19H44K2N2Si4. The molecule has 0 aromatic heterocycles. The molecule has 0 spiro atoms. The molecule has 1 rings (SSSR count). The van der Waals surface area contributed by atoms with Gasteiger partial charge in [0, 0.05) is 0 Å². The molecule has 0 bridgehead atoms. The minimum Gasteiger partial charge on any atom is -0.668 e. The molecule has 0 N–H and O–H groups in total. The van der Waals surface area contributed by atoms with E-state index in [1.165, 1.54) is 5.56 Å². The van der Waals surface area contributed by atoms with Crippen LogP contribution in [0.4, 0.5) is 0 Å². The van der Waals surface area contributed by atoms with Crippen molar-refractivity contribution in [3.63, 3.8) is 0 Å². The Bertz CT molecular complexity index is 410. The van der Waals surface area contributed by atoms with E-state index in [2.05, 4.69) is 97.6 Å². The standard InChI is InChI=1S/C7H8.2C6H18NSi2.2K/c1-7-5-3-2-4-6-7;2*1-8(2,3)7-9(4,5)6;;/h2-6H,1H3;2*1-6H3;;/q;2*-1;2*+1. The minimum atomic E-state index is -1.11. The van der Waals surface area contributed by atoms with Crippen molar-refractivity contribution in [3.8, 4) is 0 Å². The van der Waals surface area contributed by atoms with Crippen LogP contribution in [0.2, 0.25) is 78.6 Å². The molecular weight excluding hydrogens is 447 g/mol. The van der Waals surface area contributed by atoms with Gasteiger partial charge >= 0.3 is 103 Å². The van der Waals surface area contributed by atoms with E-state index in [0.29, 0.717) is 0 Å². The van der Waals surface area contributed by atoms with E-state index in [9.17, 15) is 0 Å². The van der Waals surface area contributed by atoms with Crippen molar-refractivity contribution in [1.82, 2.24) is 0 Å². The molecule has 0 fully saturated rings. The van der Waals surface area contributed by atoms with Crippen molar-refractivity contribution in [2.45, 2.75) is 85.5 Å². The van der Waals surface area contributed by atoms with Crippen molar-refractivity contribution in [1.29, 1.82) is 0 Å². The van der Waals surface area contributed by atoms with E-state index in [0.717, 1.165) is 0 Å². The van der Waals surface area contributed by atoms with Crippen LogP contribution >= 0.6 is 0 Å². The molecule has 0 unspecified atom stereocenters. The van der Waals surface area contributed by atoms with Crippen LogP contribution < -0.4 is 103 Å². The average molecular weight is 491 g/mol. The Morgan fingerprint density at radius 2 is 0.704 bits per heavy atom. The Morgan fingerprint density at radius 1 is 0.481 bits per heavy atom. The van der Waals surface area contributed by atoms with Gasteiger partial charge in [0.1, 0.15) is 0 Å². The van der Waals surface area contributed by atoms with Gasteiger partial charge in [0.05, 0.1) is 0 Å². The van der Waals surface area contributed by atoms with Gasteiger partial charge in [-0.3, -0.25) is 0 Å². The van der Waals surface area contributed by atoms with Gasteiger partial charge in [-0.25, -0.2) is 0 Å². The summed E-state index contributed by atoms with van der Waals surface area (Å²) >= 11 is 0. The number of rotatable bonds is 4. The Labute approximate surface area is 261 Å². The smallest absolute Gasteiger partial charge is 0.668 e. The summed E-state index contributed by atoms with van der Waals surface area (Å²) in [5, 5.41) is 0. The number of aryl methyl sites for hydroxylation is 1. The first-order chi connectivity index (χ1) is 10.8. The summed E-state index contributed by atoms with van der Waals surface area (Å²) in [5.41, 5.74) is 1.32. The fourth-order valence-electron chi connectivity index (χ4n) is 2.55. The van der Waals surface area contributed by atoms with Crippen LogP contribution in [0.3, 0.4) is 0 Å². The Kier molecular flexibility index (Phi) is 23.5. The van der Waals surface area contributed by atoms with E-state index < -0.39 is 32.9 Å². The monoisotopic (exact) mass is 490 g/mol. The zero-order chi connectivity index (χ0) is 20.5. The van der Waals surface area contributed by atoms with Gasteiger partial charge in [-0.05, 0) is 6.92 Å². The summed E-state index contributed by atoms with van der Waals surface area (Å²) in [6, 6.07) is 10.3. The fourth-order valence-corrected chi connectivity index (χ4v) is 18.6. The van der Waals surface area contributed by atoms with Crippen molar-refractivity contribution in [2.75, 3.05) is 0 Å². The topological polar surface area (TPSA) is 28.2 Å². The molecule has 0 saturated heterocycles. The van der Waals surface area contributed by atoms with Gasteiger partial charge in [-0.2, -0.15) is 0 Å². The number of hydrogen-bond donors (Lipinski definition) is 0. The molecule has 8 heteroatoms. The van der Waals surface area contributed by atoms with Crippen molar-refractivity contribution < 1.29 is 103 Å². The van der Waals surface area contributed by atoms with Gasteiger partial charge in [0.2, 0.25) is 0 Å². The van der Waals surface area contributed by atoms with Crippen molar-refractivity contribution in [3.05, 3.63) is 45.2 Å². The van der Waals surface area contributed by atoms with Crippen molar-refractivity contribution in [2.24, 2.45) is 0 Å². The second kappa shape index (κ2) is 16.8. The Balaban J connectivity index is -0.000000142. The molecule has 0 amide bonds. The predicted molar refractivity (Wildman–Crippen MR) is 131 cm³/mol. The third-order valence-electron chi connectivity index (χ3n) is 2.28. The maximum atomic E-state index is 4.82. The van der Waals surface area contributed by atoms with Crippen LogP contribution in [0.15, 0.2) is 30.3 Å². The number of hydrogen-bond acceptors (Lipinski definition) is 0. The minimum absolute atomic E-state index is 0. The molecule has 0 aliphatic heterocycles. The van der Waals surface area contributed by atoms with Crippen LogP contribution in [0.5, 0.6) is 0 Å². The summed E-state index contributed by atoms with van der Waals surface area (Å²) < 4.78 is 9.64. The largest absolute Gasteiger partial charge is 1.00 e. The van der Waals surface area contributed by atoms with Crippen LogP contribution in [0, 0.1) is 6.92 Å². The van der Waals surface area contributed by atoms with E-state index >= 15 is 0 Å². The third-order valence-corrected chi connectivity index (χ3v) is 13.0. The molecule has 0 radical (unpaired) electrons. The Hall–Kier alpha value is 3.28. The van der Waals surface area contributed by atoms with E-state index in [4.69, 9.17) is 9.30 Å². The zero-order valence-corrected chi connectivity index (χ0v) is 31.5. The first-order valence-corrected chi connectivity index (χ1v) is 23.1. The van der Waals surface area contributed by atoms with Crippen LogP contribution in [0.25, 0.3) is 9.30 Å². The molecule has 2 nitrogen and oxygen atoms in total. The zero-order valence-electron chi connectivity index (χ0n) is 21.3. The quantitative estimate of drug-likeness (QED) is 0.578. The van der Waals surface area contributed by atoms with Gasteiger partial charge in [-0.1, -0.05) is 147 Å². The maximum absolute atomic E-state index is 4.82. The van der Waals surface area contributed by atoms with Gasteiger partial charge < -0.3 is 9.30 Å². The molecule has 0 heterocycles. The number of benzene rings is 1. The summed E-state index contributed by atoms with van der Waals surface area (Å²) in [4.78, 5) is 0. The SMILES string of the molecule is C[Si](C)(C)[N-][Si](C)(C)C.C[Si](C)(C)[N-][Si](C)(C)C.Cc1ccccc1.[K+].[K+]. The predicted octanol–water partition coefficient (Wildman–Crippen LogP) is 2.06. The number of nitrogens with zero attached hydrogens (tertiary/aromatic N) is 2. The molecule has 27 heavy (non-hydrogen) atoms. The van der Waals surface area contributed by atoms with E-state index in [1.807, 2.05) is 18.2 Å². The second-order valence-electron chi connectivity index (χ2n) is 10.6. The van der Waals surface area contributed by atoms with E-state index in [-0.39, 0.29) is 103 Å². The van der Waals surface area contributed by atoms with Crippen LogP contribution in [-0.4, -0.2) is 32.9 Å². The first kappa shape index (κ1) is 37.6. The molecule has 0 atom stereocenters. The van der Waals surface area contributed by atoms with Crippen LogP contribution in [-0.2, 0) is 0 Å².